The second kappa shape index (κ2) is 8.57. The van der Waals surface area contributed by atoms with E-state index >= 15 is 0 Å². The fraction of sp³-hybridized carbons (Fsp3) is 0.500. The molecule has 0 aromatic heterocycles. The van der Waals surface area contributed by atoms with Crippen molar-refractivity contribution in [3.63, 3.8) is 0 Å². The van der Waals surface area contributed by atoms with Gasteiger partial charge in [-0.05, 0) is 5.56 Å². The molecular formula is C18H27IN2. The van der Waals surface area contributed by atoms with Crippen LogP contribution in [0.3, 0.4) is 0 Å². The topological polar surface area (TPSA) is 6.25 Å². The molecule has 2 rings (SSSR count). The van der Waals surface area contributed by atoms with Gasteiger partial charge in [-0.3, -0.25) is 0 Å². The Kier molecular flexibility index (Phi) is 7.43. The van der Waals surface area contributed by atoms with Gasteiger partial charge in [-0.15, -0.1) is 0 Å². The highest BCUT2D eigenvalue weighted by Crippen LogP contribution is 2.20. The Morgan fingerprint density at radius 1 is 1.19 bits per heavy atom. The molecule has 2 nitrogen and oxygen atoms in total. The SMILES string of the molecule is CC(C)C1CC(N(C)C)=CC=[N+]1CCc1ccccc1.[I-]. The van der Waals surface area contributed by atoms with Crippen molar-refractivity contribution < 1.29 is 28.6 Å². The zero-order chi connectivity index (χ0) is 14.5. The Hall–Kier alpha value is -0.840. The Bertz CT molecular complexity index is 489. The first-order valence-corrected chi connectivity index (χ1v) is 7.59. The number of rotatable bonds is 5. The summed E-state index contributed by atoms with van der Waals surface area (Å²) >= 11 is 0. The number of nitrogens with zero attached hydrogens (tertiary/aromatic N) is 2. The standard InChI is InChI=1S/C18H27N2.HI/c1-15(2)18-14-17(19(3)4)11-13-20(18)12-10-16-8-6-5-7-9-16;/h5-9,11,13,15,18H,10,12,14H2,1-4H3;1H/q+1;/p-1. The molecule has 0 N–H and O–H groups in total. The maximum absolute atomic E-state index is 2.52. The summed E-state index contributed by atoms with van der Waals surface area (Å²) < 4.78 is 2.52. The van der Waals surface area contributed by atoms with Crippen LogP contribution in [0.1, 0.15) is 25.8 Å². The molecule has 21 heavy (non-hydrogen) atoms. The van der Waals surface area contributed by atoms with Crippen molar-refractivity contribution in [1.29, 1.82) is 0 Å². The monoisotopic (exact) mass is 398 g/mol. The number of allylic oxidation sites excluding steroid dienone is 1. The Morgan fingerprint density at radius 2 is 1.86 bits per heavy atom. The number of halogens is 1. The molecule has 116 valence electrons. The van der Waals surface area contributed by atoms with E-state index < -0.39 is 0 Å². The van der Waals surface area contributed by atoms with Gasteiger partial charge in [0.25, 0.3) is 0 Å². The first-order chi connectivity index (χ1) is 9.58. The number of hydrogen-bond donors (Lipinski definition) is 0. The van der Waals surface area contributed by atoms with E-state index in [4.69, 9.17) is 0 Å². The van der Waals surface area contributed by atoms with Crippen molar-refractivity contribution in [3.05, 3.63) is 47.7 Å². The lowest BCUT2D eigenvalue weighted by Gasteiger charge is -2.27. The van der Waals surface area contributed by atoms with Gasteiger partial charge in [-0.25, -0.2) is 4.58 Å². The molecule has 0 aliphatic carbocycles. The molecule has 1 unspecified atom stereocenters. The van der Waals surface area contributed by atoms with E-state index in [9.17, 15) is 0 Å². The summed E-state index contributed by atoms with van der Waals surface area (Å²) in [5.41, 5.74) is 2.85. The fourth-order valence-electron chi connectivity index (χ4n) is 2.79. The van der Waals surface area contributed by atoms with Gasteiger partial charge in [0.2, 0.25) is 0 Å². The van der Waals surface area contributed by atoms with Gasteiger partial charge in [0.15, 0.2) is 12.3 Å². The van der Waals surface area contributed by atoms with Crippen LogP contribution in [0, 0.1) is 5.92 Å². The summed E-state index contributed by atoms with van der Waals surface area (Å²) in [5, 5.41) is 0. The molecule has 1 aromatic carbocycles. The molecule has 0 bridgehead atoms. The number of hydrogen-bond acceptors (Lipinski definition) is 1. The largest absolute Gasteiger partial charge is 1.00 e. The normalized spacial score (nSPS) is 17.9. The third kappa shape index (κ3) is 5.13. The van der Waals surface area contributed by atoms with Gasteiger partial charge in [-0.1, -0.05) is 44.2 Å². The summed E-state index contributed by atoms with van der Waals surface area (Å²) in [6.07, 6.45) is 6.82. The summed E-state index contributed by atoms with van der Waals surface area (Å²) in [6.45, 7) is 5.75. The minimum Gasteiger partial charge on any atom is -1.00 e. The van der Waals surface area contributed by atoms with E-state index in [1.807, 2.05) is 0 Å². The second-order valence-corrected chi connectivity index (χ2v) is 6.19. The molecule has 1 atom stereocenters. The summed E-state index contributed by atoms with van der Waals surface area (Å²) in [4.78, 5) is 2.24. The first kappa shape index (κ1) is 18.2. The van der Waals surface area contributed by atoms with Crippen LogP contribution in [-0.2, 0) is 6.42 Å². The van der Waals surface area contributed by atoms with E-state index in [-0.39, 0.29) is 24.0 Å². The summed E-state index contributed by atoms with van der Waals surface area (Å²) in [5.74, 6) is 0.672. The molecule has 1 heterocycles. The van der Waals surface area contributed by atoms with Crippen molar-refractivity contribution in [2.75, 3.05) is 20.6 Å². The number of benzene rings is 1. The molecule has 0 radical (unpaired) electrons. The van der Waals surface area contributed by atoms with Crippen LogP contribution in [0.4, 0.5) is 0 Å². The van der Waals surface area contributed by atoms with E-state index in [2.05, 4.69) is 80.0 Å². The minimum atomic E-state index is 0. The van der Waals surface area contributed by atoms with Crippen LogP contribution < -0.4 is 24.0 Å². The molecular weight excluding hydrogens is 371 g/mol. The molecule has 3 heteroatoms. The first-order valence-electron chi connectivity index (χ1n) is 7.59. The van der Waals surface area contributed by atoms with Gasteiger partial charge < -0.3 is 28.9 Å². The lowest BCUT2D eigenvalue weighted by molar-refractivity contribution is -0.569. The van der Waals surface area contributed by atoms with Crippen LogP contribution in [0.25, 0.3) is 0 Å². The Morgan fingerprint density at radius 3 is 2.43 bits per heavy atom. The van der Waals surface area contributed by atoms with Crippen molar-refractivity contribution >= 4 is 6.21 Å². The van der Waals surface area contributed by atoms with Crippen molar-refractivity contribution in [1.82, 2.24) is 4.90 Å². The molecule has 1 aromatic rings. The minimum absolute atomic E-state index is 0. The van der Waals surface area contributed by atoms with Crippen molar-refractivity contribution in [2.24, 2.45) is 5.92 Å². The Labute approximate surface area is 146 Å². The average Bonchev–Trinajstić information content (AvgIpc) is 2.45. The van der Waals surface area contributed by atoms with Crippen LogP contribution >= 0.6 is 0 Å². The highest BCUT2D eigenvalue weighted by molar-refractivity contribution is 5.68. The van der Waals surface area contributed by atoms with Crippen LogP contribution in [-0.4, -0.2) is 42.4 Å². The zero-order valence-corrected chi connectivity index (χ0v) is 15.7. The molecule has 0 amide bonds. The van der Waals surface area contributed by atoms with E-state index in [0.717, 1.165) is 19.4 Å². The molecule has 0 saturated carbocycles. The van der Waals surface area contributed by atoms with Gasteiger partial charge in [0.1, 0.15) is 6.54 Å². The lowest BCUT2D eigenvalue weighted by atomic mass is 9.95. The van der Waals surface area contributed by atoms with Gasteiger partial charge in [-0.2, -0.15) is 0 Å². The van der Waals surface area contributed by atoms with E-state index in [1.54, 1.807) is 0 Å². The smallest absolute Gasteiger partial charge is 0.165 e. The van der Waals surface area contributed by atoms with Gasteiger partial charge >= 0.3 is 0 Å². The predicted molar refractivity (Wildman–Crippen MR) is 86.4 cm³/mol. The van der Waals surface area contributed by atoms with Crippen molar-refractivity contribution in [2.45, 2.75) is 32.7 Å². The lowest BCUT2D eigenvalue weighted by Crippen LogP contribution is -3.00. The molecule has 0 fully saturated rings. The van der Waals surface area contributed by atoms with Crippen molar-refractivity contribution in [3.8, 4) is 0 Å². The molecule has 1 aliphatic heterocycles. The highest BCUT2D eigenvalue weighted by atomic mass is 127. The van der Waals surface area contributed by atoms with Crippen LogP contribution in [0.15, 0.2) is 42.1 Å². The van der Waals surface area contributed by atoms with Crippen LogP contribution in [0.2, 0.25) is 0 Å². The van der Waals surface area contributed by atoms with E-state index in [0.29, 0.717) is 12.0 Å². The Balaban J connectivity index is 0.00000220. The fourth-order valence-corrected chi connectivity index (χ4v) is 2.79. The average molecular weight is 398 g/mol. The van der Waals surface area contributed by atoms with Gasteiger partial charge in [0, 0.05) is 44.6 Å². The quantitative estimate of drug-likeness (QED) is 0.507. The second-order valence-electron chi connectivity index (χ2n) is 6.19. The van der Waals surface area contributed by atoms with E-state index in [1.165, 1.54) is 11.3 Å². The maximum Gasteiger partial charge on any atom is 0.165 e. The molecule has 1 aliphatic rings. The third-order valence-corrected chi connectivity index (χ3v) is 4.15. The predicted octanol–water partition coefficient (Wildman–Crippen LogP) is 0.190. The van der Waals surface area contributed by atoms with Crippen LogP contribution in [0.5, 0.6) is 0 Å². The zero-order valence-electron chi connectivity index (χ0n) is 13.6. The summed E-state index contributed by atoms with van der Waals surface area (Å²) in [7, 11) is 4.27. The highest BCUT2D eigenvalue weighted by Gasteiger charge is 2.28. The maximum atomic E-state index is 2.52. The molecule has 0 saturated heterocycles. The third-order valence-electron chi connectivity index (χ3n) is 4.15. The van der Waals surface area contributed by atoms with Gasteiger partial charge in [0.05, 0.1) is 0 Å². The summed E-state index contributed by atoms with van der Waals surface area (Å²) in [6, 6.07) is 11.4. The molecule has 0 spiro atoms.